The second-order valence-electron chi connectivity index (χ2n) is 7.27. The van der Waals surface area contributed by atoms with Crippen LogP contribution in [0.5, 0.6) is 11.5 Å². The Labute approximate surface area is 193 Å². The van der Waals surface area contributed by atoms with Crippen molar-refractivity contribution in [3.63, 3.8) is 0 Å². The minimum atomic E-state index is -3.89. The normalized spacial score (nSPS) is 14.1. The fourth-order valence-electron chi connectivity index (χ4n) is 3.19. The van der Waals surface area contributed by atoms with Crippen molar-refractivity contribution in [1.82, 2.24) is 19.2 Å². The Kier molecular flexibility index (Phi) is 8.64. The van der Waals surface area contributed by atoms with Crippen molar-refractivity contribution in [2.45, 2.75) is 13.5 Å². The lowest BCUT2D eigenvalue weighted by Gasteiger charge is -2.34. The van der Waals surface area contributed by atoms with Crippen molar-refractivity contribution >= 4 is 22.2 Å². The van der Waals surface area contributed by atoms with E-state index in [0.29, 0.717) is 43.2 Å². The van der Waals surface area contributed by atoms with Gasteiger partial charge in [-0.1, -0.05) is 30.3 Å². The fraction of sp³-hybridized carbons (Fsp3) is 0.364. The number of hydrogen-bond acceptors (Lipinski definition) is 6. The molecule has 0 spiro atoms. The lowest BCUT2D eigenvalue weighted by Crippen LogP contribution is -2.53. The van der Waals surface area contributed by atoms with Crippen molar-refractivity contribution in [2.75, 3.05) is 39.3 Å². The molecule has 0 saturated carbocycles. The van der Waals surface area contributed by atoms with Crippen LogP contribution < -0.4 is 14.2 Å². The first kappa shape index (κ1) is 24.5. The minimum Gasteiger partial charge on any atom is -0.457 e. The first-order valence-corrected chi connectivity index (χ1v) is 12.1. The second kappa shape index (κ2) is 11.6. The van der Waals surface area contributed by atoms with Crippen LogP contribution in [0.4, 0.5) is 4.79 Å². The van der Waals surface area contributed by atoms with Crippen molar-refractivity contribution in [3.8, 4) is 11.5 Å². The average Bonchev–Trinajstić information content (AvgIpc) is 2.83. The van der Waals surface area contributed by atoms with Gasteiger partial charge < -0.3 is 19.3 Å². The Morgan fingerprint density at radius 3 is 2.27 bits per heavy atom. The Hall–Kier alpha value is -3.15. The summed E-state index contributed by atoms with van der Waals surface area (Å²) in [5.41, 5.74) is 0.704. The molecule has 0 aliphatic carbocycles. The molecule has 1 saturated heterocycles. The molecular formula is C22H28N4O6S. The third kappa shape index (κ3) is 7.74. The molecule has 0 radical (unpaired) electrons. The van der Waals surface area contributed by atoms with Crippen LogP contribution in [0.15, 0.2) is 54.6 Å². The predicted molar refractivity (Wildman–Crippen MR) is 122 cm³/mol. The summed E-state index contributed by atoms with van der Waals surface area (Å²) in [6, 6.07) is 16.3. The number of nitrogens with one attached hydrogen (secondary N) is 2. The van der Waals surface area contributed by atoms with Crippen molar-refractivity contribution in [3.05, 3.63) is 60.2 Å². The summed E-state index contributed by atoms with van der Waals surface area (Å²) in [6.07, 6.45) is -0.410. The predicted octanol–water partition coefficient (Wildman–Crippen LogP) is 1.70. The van der Waals surface area contributed by atoms with Crippen LogP contribution in [0.25, 0.3) is 0 Å². The lowest BCUT2D eigenvalue weighted by molar-refractivity contribution is -0.131. The number of carbonyl (C=O) groups is 2. The van der Waals surface area contributed by atoms with Crippen LogP contribution in [-0.4, -0.2) is 69.5 Å². The van der Waals surface area contributed by atoms with Gasteiger partial charge in [-0.15, -0.1) is 0 Å². The zero-order valence-electron chi connectivity index (χ0n) is 18.4. The number of amides is 2. The van der Waals surface area contributed by atoms with Crippen molar-refractivity contribution in [1.29, 1.82) is 0 Å². The van der Waals surface area contributed by atoms with Crippen LogP contribution in [-0.2, 0) is 26.3 Å². The molecule has 0 atom stereocenters. The number of nitrogens with zero attached hydrogens (tertiary/aromatic N) is 2. The summed E-state index contributed by atoms with van der Waals surface area (Å²) in [4.78, 5) is 27.1. The second-order valence-corrected chi connectivity index (χ2v) is 8.86. The van der Waals surface area contributed by atoms with Crippen LogP contribution in [0.3, 0.4) is 0 Å². The highest BCUT2D eigenvalue weighted by Crippen LogP contribution is 2.21. The molecule has 1 heterocycles. The monoisotopic (exact) mass is 476 g/mol. The SMILES string of the molecule is CCOC(=O)N1CCN(C(=O)CNS(=O)(=O)NCc2cccc(Oc3ccccc3)c2)CC1. The van der Waals surface area contributed by atoms with Gasteiger partial charge in [0.2, 0.25) is 5.91 Å². The van der Waals surface area contributed by atoms with Gasteiger partial charge in [-0.25, -0.2) is 4.79 Å². The smallest absolute Gasteiger partial charge is 0.409 e. The number of carbonyl (C=O) groups excluding carboxylic acids is 2. The standard InChI is InChI=1S/C22H28N4O6S/c1-2-31-22(28)26-13-11-25(12-14-26)21(27)17-24-33(29,30)23-16-18-7-6-10-20(15-18)32-19-8-4-3-5-9-19/h3-10,15,23-24H,2,11-14,16-17H2,1H3. The zero-order chi connectivity index (χ0) is 23.7. The molecular weight excluding hydrogens is 448 g/mol. The maximum absolute atomic E-state index is 12.4. The van der Waals surface area contributed by atoms with E-state index in [9.17, 15) is 18.0 Å². The van der Waals surface area contributed by atoms with Crippen LogP contribution in [0.1, 0.15) is 12.5 Å². The zero-order valence-corrected chi connectivity index (χ0v) is 19.2. The van der Waals surface area contributed by atoms with Crippen LogP contribution in [0, 0.1) is 0 Å². The molecule has 1 aliphatic heterocycles. The summed E-state index contributed by atoms with van der Waals surface area (Å²) in [7, 11) is -3.89. The van der Waals surface area contributed by atoms with E-state index >= 15 is 0 Å². The Balaban J connectivity index is 1.44. The molecule has 33 heavy (non-hydrogen) atoms. The fourth-order valence-corrected chi connectivity index (χ4v) is 3.97. The topological polar surface area (TPSA) is 117 Å². The lowest BCUT2D eigenvalue weighted by atomic mass is 10.2. The van der Waals surface area contributed by atoms with E-state index in [4.69, 9.17) is 9.47 Å². The molecule has 2 aromatic rings. The van der Waals surface area contributed by atoms with Crippen LogP contribution in [0.2, 0.25) is 0 Å². The highest BCUT2D eigenvalue weighted by Gasteiger charge is 2.25. The van der Waals surface area contributed by atoms with Crippen molar-refractivity contribution in [2.24, 2.45) is 0 Å². The number of para-hydroxylation sites is 1. The van der Waals surface area contributed by atoms with Gasteiger partial charge in [0.15, 0.2) is 0 Å². The van der Waals surface area contributed by atoms with E-state index in [1.807, 2.05) is 30.3 Å². The number of ether oxygens (including phenoxy) is 2. The van der Waals surface area contributed by atoms with Gasteiger partial charge >= 0.3 is 6.09 Å². The quantitative estimate of drug-likeness (QED) is 0.569. The van der Waals surface area contributed by atoms with E-state index in [1.54, 1.807) is 31.2 Å². The Morgan fingerprint density at radius 1 is 0.909 bits per heavy atom. The van der Waals surface area contributed by atoms with Gasteiger partial charge in [0.1, 0.15) is 11.5 Å². The van der Waals surface area contributed by atoms with Gasteiger partial charge in [-0.2, -0.15) is 17.9 Å². The summed E-state index contributed by atoms with van der Waals surface area (Å²) in [5.74, 6) is 0.906. The number of hydrogen-bond donors (Lipinski definition) is 2. The maximum Gasteiger partial charge on any atom is 0.409 e. The molecule has 3 rings (SSSR count). The molecule has 1 fully saturated rings. The number of benzene rings is 2. The highest BCUT2D eigenvalue weighted by atomic mass is 32.2. The summed E-state index contributed by atoms with van der Waals surface area (Å²) < 4.78 is 40.0. The van der Waals surface area contributed by atoms with Gasteiger partial charge in [0.05, 0.1) is 13.2 Å². The minimum absolute atomic E-state index is 0.0354. The summed E-state index contributed by atoms with van der Waals surface area (Å²) >= 11 is 0. The number of piperazine rings is 1. The van der Waals surface area contributed by atoms with Crippen LogP contribution >= 0.6 is 0 Å². The highest BCUT2D eigenvalue weighted by molar-refractivity contribution is 7.87. The third-order valence-corrected chi connectivity index (χ3v) is 5.96. The molecule has 0 bridgehead atoms. The summed E-state index contributed by atoms with van der Waals surface area (Å²) in [5, 5.41) is 0. The van der Waals surface area contributed by atoms with Gasteiger partial charge in [-0.05, 0) is 36.8 Å². The molecule has 10 nitrogen and oxygen atoms in total. The molecule has 0 aromatic heterocycles. The molecule has 2 amide bonds. The molecule has 0 unspecified atom stereocenters. The van der Waals surface area contributed by atoms with E-state index in [-0.39, 0.29) is 25.6 Å². The maximum atomic E-state index is 12.4. The van der Waals surface area contributed by atoms with E-state index < -0.39 is 16.3 Å². The largest absolute Gasteiger partial charge is 0.457 e. The molecule has 1 aliphatic rings. The molecule has 178 valence electrons. The van der Waals surface area contributed by atoms with E-state index in [0.717, 1.165) is 0 Å². The van der Waals surface area contributed by atoms with Gasteiger partial charge in [0.25, 0.3) is 10.2 Å². The molecule has 2 aromatic carbocycles. The van der Waals surface area contributed by atoms with E-state index in [1.165, 1.54) is 9.80 Å². The van der Waals surface area contributed by atoms with E-state index in [2.05, 4.69) is 9.44 Å². The molecule has 11 heteroatoms. The van der Waals surface area contributed by atoms with Gasteiger partial charge in [0, 0.05) is 32.7 Å². The number of rotatable bonds is 9. The summed E-state index contributed by atoms with van der Waals surface area (Å²) in [6.45, 7) is 3.01. The first-order chi connectivity index (χ1) is 15.9. The first-order valence-electron chi connectivity index (χ1n) is 10.6. The Morgan fingerprint density at radius 2 is 1.58 bits per heavy atom. The average molecular weight is 477 g/mol. The Bertz CT molecular complexity index is 1040. The molecule has 2 N–H and O–H groups in total. The van der Waals surface area contributed by atoms with Crippen molar-refractivity contribution < 1.29 is 27.5 Å². The third-order valence-electron chi connectivity index (χ3n) is 4.92. The van der Waals surface area contributed by atoms with Gasteiger partial charge in [-0.3, -0.25) is 4.79 Å².